The highest BCUT2D eigenvalue weighted by Gasteiger charge is 2.30. The maximum Gasteiger partial charge on any atom is 0.244 e. The van der Waals surface area contributed by atoms with Crippen molar-refractivity contribution in [3.8, 4) is 0 Å². The molecule has 2 heterocycles. The number of benzene rings is 1. The molecule has 0 spiro atoms. The molecule has 0 N–H and O–H groups in total. The van der Waals surface area contributed by atoms with Gasteiger partial charge in [-0.3, -0.25) is 14.4 Å². The molecule has 23 heavy (non-hydrogen) atoms. The standard InChI is InChI=1S/C18H24N4O/c1-20(13-15-12-19-21(2)14-15)17(16-8-4-3-5-9-16)18(23)22-10-6-7-11-22/h3-5,8-9,12,14,17H,6-7,10-11,13H2,1-2H3. The lowest BCUT2D eigenvalue weighted by Gasteiger charge is -2.30. The van der Waals surface area contributed by atoms with E-state index in [1.807, 2.05) is 61.7 Å². The summed E-state index contributed by atoms with van der Waals surface area (Å²) in [4.78, 5) is 17.2. The van der Waals surface area contributed by atoms with Gasteiger partial charge < -0.3 is 4.90 Å². The fourth-order valence-electron chi connectivity index (χ4n) is 3.26. The van der Waals surface area contributed by atoms with Crippen LogP contribution in [-0.4, -0.2) is 45.6 Å². The van der Waals surface area contributed by atoms with Crippen LogP contribution in [0.5, 0.6) is 0 Å². The molecule has 1 unspecified atom stereocenters. The summed E-state index contributed by atoms with van der Waals surface area (Å²) in [6.45, 7) is 2.46. The van der Waals surface area contributed by atoms with E-state index in [9.17, 15) is 4.79 Å². The number of rotatable bonds is 5. The van der Waals surface area contributed by atoms with E-state index in [2.05, 4.69) is 10.00 Å². The van der Waals surface area contributed by atoms with Crippen LogP contribution < -0.4 is 0 Å². The topological polar surface area (TPSA) is 41.4 Å². The number of likely N-dealkylation sites (tertiary alicyclic amines) is 1. The minimum Gasteiger partial charge on any atom is -0.341 e. The molecule has 5 nitrogen and oxygen atoms in total. The van der Waals surface area contributed by atoms with Crippen molar-refractivity contribution in [3.05, 3.63) is 53.9 Å². The number of aromatic nitrogens is 2. The Hall–Kier alpha value is -2.14. The second-order valence-corrected chi connectivity index (χ2v) is 6.28. The molecule has 1 aromatic heterocycles. The van der Waals surface area contributed by atoms with E-state index in [0.29, 0.717) is 6.54 Å². The monoisotopic (exact) mass is 312 g/mol. The molecule has 1 aliphatic rings. The van der Waals surface area contributed by atoms with Gasteiger partial charge in [-0.05, 0) is 25.5 Å². The predicted molar refractivity (Wildman–Crippen MR) is 89.7 cm³/mol. The highest BCUT2D eigenvalue weighted by atomic mass is 16.2. The highest BCUT2D eigenvalue weighted by Crippen LogP contribution is 2.25. The van der Waals surface area contributed by atoms with Crippen molar-refractivity contribution < 1.29 is 4.79 Å². The predicted octanol–water partition coefficient (Wildman–Crippen LogP) is 2.22. The Labute approximate surface area is 137 Å². The Morgan fingerprint density at radius 2 is 1.96 bits per heavy atom. The number of nitrogens with zero attached hydrogens (tertiary/aromatic N) is 4. The van der Waals surface area contributed by atoms with E-state index >= 15 is 0 Å². The van der Waals surface area contributed by atoms with Crippen LogP contribution in [-0.2, 0) is 18.4 Å². The van der Waals surface area contributed by atoms with Crippen molar-refractivity contribution in [1.29, 1.82) is 0 Å². The number of aryl methyl sites for hydroxylation is 1. The summed E-state index contributed by atoms with van der Waals surface area (Å²) >= 11 is 0. The fourth-order valence-corrected chi connectivity index (χ4v) is 3.26. The van der Waals surface area contributed by atoms with Gasteiger partial charge in [0.05, 0.1) is 6.20 Å². The number of hydrogen-bond acceptors (Lipinski definition) is 3. The van der Waals surface area contributed by atoms with Crippen molar-refractivity contribution in [1.82, 2.24) is 19.6 Å². The highest BCUT2D eigenvalue weighted by molar-refractivity contribution is 5.83. The van der Waals surface area contributed by atoms with E-state index in [1.54, 1.807) is 4.68 Å². The van der Waals surface area contributed by atoms with Crippen LogP contribution in [0.3, 0.4) is 0 Å². The summed E-state index contributed by atoms with van der Waals surface area (Å²) < 4.78 is 1.79. The lowest BCUT2D eigenvalue weighted by atomic mass is 10.0. The Morgan fingerprint density at radius 3 is 2.57 bits per heavy atom. The minimum absolute atomic E-state index is 0.208. The largest absolute Gasteiger partial charge is 0.341 e. The maximum absolute atomic E-state index is 13.0. The Morgan fingerprint density at radius 1 is 1.26 bits per heavy atom. The zero-order valence-corrected chi connectivity index (χ0v) is 13.9. The zero-order valence-electron chi connectivity index (χ0n) is 13.9. The molecule has 3 rings (SSSR count). The molecule has 1 aromatic carbocycles. The van der Waals surface area contributed by atoms with Crippen LogP contribution in [0.2, 0.25) is 0 Å². The smallest absolute Gasteiger partial charge is 0.244 e. The summed E-state index contributed by atoms with van der Waals surface area (Å²) in [6, 6.07) is 9.82. The number of hydrogen-bond donors (Lipinski definition) is 0. The lowest BCUT2D eigenvalue weighted by molar-refractivity contribution is -0.136. The van der Waals surface area contributed by atoms with Gasteiger partial charge >= 0.3 is 0 Å². The van der Waals surface area contributed by atoms with E-state index in [-0.39, 0.29) is 11.9 Å². The SMILES string of the molecule is CN(Cc1cnn(C)c1)C(C(=O)N1CCCC1)c1ccccc1. The summed E-state index contributed by atoms with van der Waals surface area (Å²) in [5, 5.41) is 4.22. The summed E-state index contributed by atoms with van der Waals surface area (Å²) in [5.74, 6) is 0.208. The average molecular weight is 312 g/mol. The third-order valence-corrected chi connectivity index (χ3v) is 4.40. The number of carbonyl (C=O) groups excluding carboxylic acids is 1. The molecule has 1 amide bonds. The lowest BCUT2D eigenvalue weighted by Crippen LogP contribution is -2.40. The molecule has 0 aliphatic carbocycles. The first-order chi connectivity index (χ1) is 11.1. The van der Waals surface area contributed by atoms with Crippen LogP contribution in [0, 0.1) is 0 Å². The fraction of sp³-hybridized carbons (Fsp3) is 0.444. The first-order valence-corrected chi connectivity index (χ1v) is 8.16. The average Bonchev–Trinajstić information content (AvgIpc) is 3.20. The molecule has 0 bridgehead atoms. The molecule has 0 saturated carbocycles. The van der Waals surface area contributed by atoms with E-state index in [0.717, 1.165) is 37.1 Å². The third-order valence-electron chi connectivity index (χ3n) is 4.40. The molecule has 2 aromatic rings. The first kappa shape index (κ1) is 15.7. The Balaban J connectivity index is 1.83. The van der Waals surface area contributed by atoms with Gasteiger partial charge in [-0.2, -0.15) is 5.10 Å². The molecular weight excluding hydrogens is 288 g/mol. The van der Waals surface area contributed by atoms with Gasteiger partial charge in [0.15, 0.2) is 0 Å². The van der Waals surface area contributed by atoms with Gasteiger partial charge in [-0.25, -0.2) is 0 Å². The van der Waals surface area contributed by atoms with Gasteiger partial charge in [0.25, 0.3) is 0 Å². The normalized spacial score (nSPS) is 16.0. The Bertz CT molecular complexity index is 646. The van der Waals surface area contributed by atoms with E-state index in [4.69, 9.17) is 0 Å². The molecule has 122 valence electrons. The Kier molecular flexibility index (Phi) is 4.76. The van der Waals surface area contributed by atoms with Gasteiger partial charge in [-0.1, -0.05) is 30.3 Å². The van der Waals surface area contributed by atoms with Gasteiger partial charge in [-0.15, -0.1) is 0 Å². The van der Waals surface area contributed by atoms with Crippen LogP contribution in [0.25, 0.3) is 0 Å². The minimum atomic E-state index is -0.241. The number of likely N-dealkylation sites (N-methyl/N-ethyl adjacent to an activating group) is 1. The number of carbonyl (C=O) groups is 1. The van der Waals surface area contributed by atoms with E-state index < -0.39 is 0 Å². The second kappa shape index (κ2) is 6.96. The van der Waals surface area contributed by atoms with Gasteiger partial charge in [0, 0.05) is 38.4 Å². The van der Waals surface area contributed by atoms with Crippen molar-refractivity contribution in [2.75, 3.05) is 20.1 Å². The number of amides is 1. The van der Waals surface area contributed by atoms with Crippen LogP contribution in [0.1, 0.15) is 30.0 Å². The van der Waals surface area contributed by atoms with Crippen molar-refractivity contribution in [2.24, 2.45) is 7.05 Å². The first-order valence-electron chi connectivity index (χ1n) is 8.16. The molecule has 0 radical (unpaired) electrons. The quantitative estimate of drug-likeness (QED) is 0.850. The van der Waals surface area contributed by atoms with Crippen LogP contribution >= 0.6 is 0 Å². The summed E-state index contributed by atoms with van der Waals surface area (Å²) in [7, 11) is 3.92. The zero-order chi connectivity index (χ0) is 16.2. The second-order valence-electron chi connectivity index (χ2n) is 6.28. The molecule has 1 aliphatic heterocycles. The summed E-state index contributed by atoms with van der Waals surface area (Å²) in [6.07, 6.45) is 6.08. The summed E-state index contributed by atoms with van der Waals surface area (Å²) in [5.41, 5.74) is 2.17. The third kappa shape index (κ3) is 3.62. The molecular formula is C18H24N4O. The molecule has 5 heteroatoms. The maximum atomic E-state index is 13.0. The molecule has 1 saturated heterocycles. The molecule has 1 atom stereocenters. The van der Waals surface area contributed by atoms with Crippen molar-refractivity contribution in [2.45, 2.75) is 25.4 Å². The van der Waals surface area contributed by atoms with Gasteiger partial charge in [0.2, 0.25) is 5.91 Å². The van der Waals surface area contributed by atoms with Crippen molar-refractivity contribution in [3.63, 3.8) is 0 Å². The molecule has 1 fully saturated rings. The van der Waals surface area contributed by atoms with Crippen LogP contribution in [0.15, 0.2) is 42.7 Å². The van der Waals surface area contributed by atoms with Gasteiger partial charge in [0.1, 0.15) is 6.04 Å². The van der Waals surface area contributed by atoms with Crippen molar-refractivity contribution >= 4 is 5.91 Å². The van der Waals surface area contributed by atoms with E-state index in [1.165, 1.54) is 0 Å². The van der Waals surface area contributed by atoms with Crippen LogP contribution in [0.4, 0.5) is 0 Å².